The first-order valence-corrected chi connectivity index (χ1v) is 6.02. The Hall–Kier alpha value is -2.02. The van der Waals surface area contributed by atoms with Gasteiger partial charge in [-0.05, 0) is 17.7 Å². The highest BCUT2D eigenvalue weighted by atomic mass is 19.2. The Labute approximate surface area is 113 Å². The number of hydrogen-bond acceptors (Lipinski definition) is 3. The molecular formula is C13H13F2NO4. The third-order valence-corrected chi connectivity index (χ3v) is 3.22. The lowest BCUT2D eigenvalue weighted by atomic mass is 10.1. The smallest absolute Gasteiger partial charge is 0.326 e. The molecule has 0 aromatic heterocycles. The van der Waals surface area contributed by atoms with E-state index in [0.29, 0.717) is 0 Å². The van der Waals surface area contributed by atoms with Crippen molar-refractivity contribution >= 4 is 11.9 Å². The lowest BCUT2D eigenvalue weighted by molar-refractivity contribution is -0.148. The molecule has 0 aliphatic carbocycles. The van der Waals surface area contributed by atoms with Crippen LogP contribution in [0.5, 0.6) is 0 Å². The Bertz CT molecular complexity index is 549. The zero-order chi connectivity index (χ0) is 14.9. The van der Waals surface area contributed by atoms with Gasteiger partial charge in [0.25, 0.3) is 0 Å². The van der Waals surface area contributed by atoms with Crippen LogP contribution >= 0.6 is 0 Å². The Kier molecular flexibility index (Phi) is 3.99. The summed E-state index contributed by atoms with van der Waals surface area (Å²) in [6, 6.07) is 1.99. The minimum absolute atomic E-state index is 0.0289. The monoisotopic (exact) mass is 285 g/mol. The minimum atomic E-state index is -1.19. The first-order valence-electron chi connectivity index (χ1n) is 6.02. The highest BCUT2D eigenvalue weighted by Crippen LogP contribution is 2.20. The molecule has 5 nitrogen and oxygen atoms in total. The lowest BCUT2D eigenvalue weighted by Gasteiger charge is -2.21. The molecule has 1 heterocycles. The van der Waals surface area contributed by atoms with E-state index in [1.54, 1.807) is 0 Å². The van der Waals surface area contributed by atoms with Gasteiger partial charge < -0.3 is 15.1 Å². The van der Waals surface area contributed by atoms with Crippen molar-refractivity contribution in [2.75, 3.05) is 6.54 Å². The number of nitrogens with zero attached hydrogens (tertiary/aromatic N) is 1. The second-order valence-electron chi connectivity index (χ2n) is 4.71. The van der Waals surface area contributed by atoms with Gasteiger partial charge in [-0.1, -0.05) is 6.07 Å². The summed E-state index contributed by atoms with van der Waals surface area (Å²) < 4.78 is 25.8. The van der Waals surface area contributed by atoms with E-state index in [1.807, 2.05) is 0 Å². The molecule has 1 aliphatic heterocycles. The second kappa shape index (κ2) is 5.54. The predicted octanol–water partition coefficient (Wildman–Crippen LogP) is 0.554. The summed E-state index contributed by atoms with van der Waals surface area (Å²) in [5.74, 6) is -3.81. The molecule has 108 valence electrons. The molecule has 2 N–H and O–H groups in total. The molecule has 0 radical (unpaired) electrons. The largest absolute Gasteiger partial charge is 0.480 e. The van der Waals surface area contributed by atoms with Crippen molar-refractivity contribution < 1.29 is 28.6 Å². The molecule has 2 rings (SSSR count). The maximum absolute atomic E-state index is 13.0. The maximum atomic E-state index is 13.0. The number of benzene rings is 1. The van der Waals surface area contributed by atoms with Gasteiger partial charge in [-0.25, -0.2) is 13.6 Å². The Morgan fingerprint density at radius 2 is 2.00 bits per heavy atom. The van der Waals surface area contributed by atoms with Crippen molar-refractivity contribution in [1.29, 1.82) is 0 Å². The van der Waals surface area contributed by atoms with Gasteiger partial charge in [-0.15, -0.1) is 0 Å². The van der Waals surface area contributed by atoms with Gasteiger partial charge in [0.1, 0.15) is 6.04 Å². The summed E-state index contributed by atoms with van der Waals surface area (Å²) in [5.41, 5.74) is 0.249. The molecule has 1 aromatic rings. The van der Waals surface area contributed by atoms with E-state index >= 15 is 0 Å². The fraction of sp³-hybridized carbons (Fsp3) is 0.385. The molecule has 1 fully saturated rings. The standard InChI is InChI=1S/C13H13F2NO4/c14-9-2-1-7(3-10(9)15)4-12(18)16-6-8(17)5-11(16)13(19)20/h1-3,8,11,17H,4-6H2,(H,19,20)/t8-,11-/m1/s1. The van der Waals surface area contributed by atoms with Gasteiger partial charge in [-0.2, -0.15) is 0 Å². The third kappa shape index (κ3) is 2.93. The van der Waals surface area contributed by atoms with Crippen LogP contribution in [-0.4, -0.2) is 45.7 Å². The number of rotatable bonds is 3. The van der Waals surface area contributed by atoms with Crippen LogP contribution in [0.15, 0.2) is 18.2 Å². The summed E-state index contributed by atoms with van der Waals surface area (Å²) in [6.07, 6.45) is -1.16. The summed E-state index contributed by atoms with van der Waals surface area (Å²) >= 11 is 0. The quantitative estimate of drug-likeness (QED) is 0.850. The number of aliphatic hydroxyl groups is 1. The van der Waals surface area contributed by atoms with Crippen LogP contribution in [0.4, 0.5) is 8.78 Å². The number of likely N-dealkylation sites (tertiary alicyclic amines) is 1. The molecule has 0 unspecified atom stereocenters. The van der Waals surface area contributed by atoms with Crippen LogP contribution in [0.3, 0.4) is 0 Å². The van der Waals surface area contributed by atoms with Crippen LogP contribution in [0, 0.1) is 11.6 Å². The fourth-order valence-electron chi connectivity index (χ4n) is 2.25. The number of β-amino-alcohol motifs (C(OH)–C–C–N with tert-alkyl or cyclic N) is 1. The second-order valence-corrected chi connectivity index (χ2v) is 4.71. The SMILES string of the molecule is O=C(O)[C@H]1C[C@@H](O)CN1C(=O)Cc1ccc(F)c(F)c1. The molecule has 0 spiro atoms. The van der Waals surface area contributed by atoms with Crippen molar-refractivity contribution in [3.05, 3.63) is 35.4 Å². The topological polar surface area (TPSA) is 77.8 Å². The van der Waals surface area contributed by atoms with Crippen molar-refractivity contribution in [3.8, 4) is 0 Å². The average Bonchev–Trinajstić information content (AvgIpc) is 2.76. The highest BCUT2D eigenvalue weighted by molar-refractivity contribution is 5.85. The third-order valence-electron chi connectivity index (χ3n) is 3.22. The summed E-state index contributed by atoms with van der Waals surface area (Å²) in [4.78, 5) is 24.1. The van der Waals surface area contributed by atoms with Gasteiger partial charge in [0, 0.05) is 13.0 Å². The van der Waals surface area contributed by atoms with E-state index in [2.05, 4.69) is 0 Å². The van der Waals surface area contributed by atoms with Crippen LogP contribution in [0.1, 0.15) is 12.0 Å². The number of halogens is 2. The Morgan fingerprint density at radius 3 is 2.60 bits per heavy atom. The van der Waals surface area contributed by atoms with Gasteiger partial charge >= 0.3 is 5.97 Å². The van der Waals surface area contributed by atoms with Crippen molar-refractivity contribution in [2.24, 2.45) is 0 Å². The Balaban J connectivity index is 2.11. The van der Waals surface area contributed by atoms with E-state index in [9.17, 15) is 23.5 Å². The normalized spacial score (nSPS) is 22.1. The number of carboxylic acids is 1. The van der Waals surface area contributed by atoms with Crippen LogP contribution < -0.4 is 0 Å². The van der Waals surface area contributed by atoms with Crippen molar-refractivity contribution in [3.63, 3.8) is 0 Å². The minimum Gasteiger partial charge on any atom is -0.480 e. The van der Waals surface area contributed by atoms with Gasteiger partial charge in [-0.3, -0.25) is 4.79 Å². The van der Waals surface area contributed by atoms with E-state index in [4.69, 9.17) is 5.11 Å². The van der Waals surface area contributed by atoms with Crippen LogP contribution in [0.2, 0.25) is 0 Å². The summed E-state index contributed by atoms with van der Waals surface area (Å²) in [5, 5.41) is 18.4. The molecule has 1 saturated heterocycles. The van der Waals surface area contributed by atoms with Gasteiger partial charge in [0.2, 0.25) is 5.91 Å². The number of carboxylic acid groups (broad SMARTS) is 1. The van der Waals surface area contributed by atoms with Crippen molar-refractivity contribution in [1.82, 2.24) is 4.90 Å². The van der Waals surface area contributed by atoms with Crippen LogP contribution in [-0.2, 0) is 16.0 Å². The lowest BCUT2D eigenvalue weighted by Crippen LogP contribution is -2.41. The number of aliphatic hydroxyl groups excluding tert-OH is 1. The molecule has 1 aromatic carbocycles. The summed E-state index contributed by atoms with van der Waals surface area (Å²) in [7, 11) is 0. The van der Waals surface area contributed by atoms with Gasteiger partial charge in [0.15, 0.2) is 11.6 Å². The zero-order valence-electron chi connectivity index (χ0n) is 10.4. The fourth-order valence-corrected chi connectivity index (χ4v) is 2.25. The molecule has 0 bridgehead atoms. The van der Waals surface area contributed by atoms with E-state index in [1.165, 1.54) is 6.07 Å². The van der Waals surface area contributed by atoms with Crippen molar-refractivity contribution in [2.45, 2.75) is 25.0 Å². The molecule has 20 heavy (non-hydrogen) atoms. The molecule has 1 aliphatic rings. The zero-order valence-corrected chi connectivity index (χ0v) is 10.4. The number of carbonyl (C=O) groups excluding carboxylic acids is 1. The predicted molar refractivity (Wildman–Crippen MR) is 63.8 cm³/mol. The maximum Gasteiger partial charge on any atom is 0.326 e. The van der Waals surface area contributed by atoms with E-state index < -0.39 is 35.7 Å². The first-order chi connectivity index (χ1) is 9.38. The van der Waals surface area contributed by atoms with E-state index in [0.717, 1.165) is 17.0 Å². The number of carbonyl (C=O) groups is 2. The van der Waals surface area contributed by atoms with E-state index in [-0.39, 0.29) is 24.9 Å². The first kappa shape index (κ1) is 14.4. The molecule has 0 saturated carbocycles. The Morgan fingerprint density at radius 1 is 1.30 bits per heavy atom. The molecule has 1 amide bonds. The molecule has 7 heteroatoms. The molecular weight excluding hydrogens is 272 g/mol. The van der Waals surface area contributed by atoms with Gasteiger partial charge in [0.05, 0.1) is 12.5 Å². The highest BCUT2D eigenvalue weighted by Gasteiger charge is 2.38. The van der Waals surface area contributed by atoms with Crippen LogP contribution in [0.25, 0.3) is 0 Å². The number of aliphatic carboxylic acids is 1. The number of amides is 1. The summed E-state index contributed by atoms with van der Waals surface area (Å²) in [6.45, 7) is -0.0700. The molecule has 2 atom stereocenters. The number of hydrogen-bond donors (Lipinski definition) is 2. The average molecular weight is 285 g/mol.